The van der Waals surface area contributed by atoms with E-state index in [9.17, 15) is 9.59 Å². The summed E-state index contributed by atoms with van der Waals surface area (Å²) in [6.45, 7) is 1.92. The minimum Gasteiger partial charge on any atom is -0.348 e. The van der Waals surface area contributed by atoms with Gasteiger partial charge in [0.05, 0.1) is 0 Å². The van der Waals surface area contributed by atoms with Crippen molar-refractivity contribution in [3.8, 4) is 0 Å². The third-order valence-electron chi connectivity index (χ3n) is 1.93. The number of halogens is 1. The van der Waals surface area contributed by atoms with Gasteiger partial charge < -0.3 is 10.3 Å². The summed E-state index contributed by atoms with van der Waals surface area (Å²) in [4.78, 5) is 25.0. The van der Waals surface area contributed by atoms with Gasteiger partial charge in [-0.1, -0.05) is 22.0 Å². The first-order valence-electron chi connectivity index (χ1n) is 4.69. The standard InChI is InChI=1S/C10H13BrN2O2/c1-7(5-6-11)12-10(15)8-3-2-4-9(14)13-8/h2-4,7H,5-6H2,1H3,(H,12,15)(H,13,14). The van der Waals surface area contributed by atoms with Crippen LogP contribution in [0.15, 0.2) is 23.0 Å². The molecule has 1 aromatic rings. The number of hydrogen-bond donors (Lipinski definition) is 2. The lowest BCUT2D eigenvalue weighted by molar-refractivity contribution is 0.0934. The van der Waals surface area contributed by atoms with E-state index < -0.39 is 0 Å². The smallest absolute Gasteiger partial charge is 0.268 e. The average molecular weight is 273 g/mol. The van der Waals surface area contributed by atoms with Crippen LogP contribution < -0.4 is 10.9 Å². The molecule has 1 atom stereocenters. The molecule has 1 rings (SSSR count). The molecule has 82 valence electrons. The zero-order chi connectivity index (χ0) is 11.3. The molecule has 2 N–H and O–H groups in total. The minimum absolute atomic E-state index is 0.0839. The summed E-state index contributed by atoms with van der Waals surface area (Å²) in [6, 6.07) is 4.60. The summed E-state index contributed by atoms with van der Waals surface area (Å²) < 4.78 is 0. The van der Waals surface area contributed by atoms with Crippen LogP contribution in [-0.4, -0.2) is 22.3 Å². The molecule has 0 spiro atoms. The predicted octanol–water partition coefficient (Wildman–Crippen LogP) is 1.28. The molecule has 0 aliphatic rings. The number of rotatable bonds is 4. The molecule has 1 aromatic heterocycles. The zero-order valence-electron chi connectivity index (χ0n) is 8.42. The van der Waals surface area contributed by atoms with Gasteiger partial charge in [0, 0.05) is 17.4 Å². The molecule has 0 saturated heterocycles. The molecule has 4 nitrogen and oxygen atoms in total. The molecule has 0 bridgehead atoms. The fourth-order valence-corrected chi connectivity index (χ4v) is 1.80. The second-order valence-electron chi connectivity index (χ2n) is 3.28. The molecule has 0 aromatic carbocycles. The Bertz CT molecular complexity index is 389. The third-order valence-corrected chi connectivity index (χ3v) is 2.39. The number of hydrogen-bond acceptors (Lipinski definition) is 2. The van der Waals surface area contributed by atoms with Gasteiger partial charge in [-0.15, -0.1) is 0 Å². The van der Waals surface area contributed by atoms with Gasteiger partial charge in [-0.25, -0.2) is 0 Å². The van der Waals surface area contributed by atoms with Crippen LogP contribution in [0.1, 0.15) is 23.8 Å². The second kappa shape index (κ2) is 5.70. The highest BCUT2D eigenvalue weighted by atomic mass is 79.9. The average Bonchev–Trinajstić information content (AvgIpc) is 2.18. The van der Waals surface area contributed by atoms with Crippen molar-refractivity contribution in [3.05, 3.63) is 34.2 Å². The first-order valence-corrected chi connectivity index (χ1v) is 5.82. The topological polar surface area (TPSA) is 62.0 Å². The van der Waals surface area contributed by atoms with Gasteiger partial charge in [0.15, 0.2) is 0 Å². The number of H-pyrrole nitrogens is 1. The van der Waals surface area contributed by atoms with E-state index in [0.717, 1.165) is 11.8 Å². The Morgan fingerprint density at radius 3 is 2.93 bits per heavy atom. The Hall–Kier alpha value is -1.10. The number of nitrogens with one attached hydrogen (secondary N) is 2. The number of pyridine rings is 1. The Morgan fingerprint density at radius 1 is 1.60 bits per heavy atom. The first-order chi connectivity index (χ1) is 7.13. The van der Waals surface area contributed by atoms with Crippen LogP contribution in [0.3, 0.4) is 0 Å². The SMILES string of the molecule is CC(CCBr)NC(=O)c1cccc(=O)[nH]1. The molecule has 0 radical (unpaired) electrons. The van der Waals surface area contributed by atoms with Crippen LogP contribution in [0.2, 0.25) is 0 Å². The van der Waals surface area contributed by atoms with Crippen molar-refractivity contribution in [2.24, 2.45) is 0 Å². The lowest BCUT2D eigenvalue weighted by Gasteiger charge is -2.11. The number of aromatic nitrogens is 1. The van der Waals surface area contributed by atoms with Gasteiger partial charge in [-0.3, -0.25) is 9.59 Å². The summed E-state index contributed by atoms with van der Waals surface area (Å²) in [5.74, 6) is -0.249. The summed E-state index contributed by atoms with van der Waals surface area (Å²) in [5, 5.41) is 3.62. The molecule has 1 unspecified atom stereocenters. The number of alkyl halides is 1. The Morgan fingerprint density at radius 2 is 2.33 bits per heavy atom. The van der Waals surface area contributed by atoms with Gasteiger partial charge in [-0.2, -0.15) is 0 Å². The first kappa shape index (κ1) is 12.0. The maximum Gasteiger partial charge on any atom is 0.268 e. The van der Waals surface area contributed by atoms with Gasteiger partial charge in [0.25, 0.3) is 5.91 Å². The van der Waals surface area contributed by atoms with E-state index in [4.69, 9.17) is 0 Å². The maximum atomic E-state index is 11.6. The summed E-state index contributed by atoms with van der Waals surface area (Å²) in [6.07, 6.45) is 0.850. The minimum atomic E-state index is -0.268. The molecule has 1 amide bonds. The predicted molar refractivity (Wildman–Crippen MR) is 62.4 cm³/mol. The molecule has 15 heavy (non-hydrogen) atoms. The highest BCUT2D eigenvalue weighted by Gasteiger charge is 2.09. The summed E-state index contributed by atoms with van der Waals surface area (Å²) >= 11 is 3.30. The van der Waals surface area contributed by atoms with Crippen LogP contribution >= 0.6 is 15.9 Å². The fraction of sp³-hybridized carbons (Fsp3) is 0.400. The summed E-state index contributed by atoms with van der Waals surface area (Å²) in [7, 11) is 0. The molecular formula is C10H13BrN2O2. The normalized spacial score (nSPS) is 12.1. The quantitative estimate of drug-likeness (QED) is 0.812. The van der Waals surface area contributed by atoms with Crippen LogP contribution in [0.5, 0.6) is 0 Å². The van der Waals surface area contributed by atoms with Crippen LogP contribution in [0.4, 0.5) is 0 Å². The van der Waals surface area contributed by atoms with Gasteiger partial charge in [0.1, 0.15) is 5.69 Å². The maximum absolute atomic E-state index is 11.6. The number of carbonyl (C=O) groups excluding carboxylic acids is 1. The van der Waals surface area contributed by atoms with Crippen molar-refractivity contribution in [1.29, 1.82) is 0 Å². The van der Waals surface area contributed by atoms with Crippen LogP contribution in [-0.2, 0) is 0 Å². The molecule has 0 saturated carbocycles. The van der Waals surface area contributed by atoms with Crippen molar-refractivity contribution < 1.29 is 4.79 Å². The van der Waals surface area contributed by atoms with Gasteiger partial charge in [-0.05, 0) is 19.4 Å². The highest BCUT2D eigenvalue weighted by Crippen LogP contribution is 1.97. The Kier molecular flexibility index (Phi) is 4.55. The monoisotopic (exact) mass is 272 g/mol. The Labute approximate surface area is 96.2 Å². The van der Waals surface area contributed by atoms with E-state index in [1.807, 2.05) is 6.92 Å². The van der Waals surface area contributed by atoms with Crippen LogP contribution in [0.25, 0.3) is 0 Å². The third kappa shape index (κ3) is 3.87. The van der Waals surface area contributed by atoms with E-state index in [1.165, 1.54) is 6.07 Å². The molecular weight excluding hydrogens is 260 g/mol. The van der Waals surface area contributed by atoms with Crippen molar-refractivity contribution in [2.45, 2.75) is 19.4 Å². The number of carbonyl (C=O) groups is 1. The van der Waals surface area contributed by atoms with E-state index >= 15 is 0 Å². The largest absolute Gasteiger partial charge is 0.348 e. The highest BCUT2D eigenvalue weighted by molar-refractivity contribution is 9.09. The summed E-state index contributed by atoms with van der Waals surface area (Å²) in [5.41, 5.74) is 0.0275. The molecule has 0 aliphatic carbocycles. The van der Waals surface area contributed by atoms with E-state index in [2.05, 4.69) is 26.2 Å². The Balaban J connectivity index is 2.65. The van der Waals surface area contributed by atoms with Crippen molar-refractivity contribution in [1.82, 2.24) is 10.3 Å². The fourth-order valence-electron chi connectivity index (χ4n) is 1.12. The number of amides is 1. The lowest BCUT2D eigenvalue weighted by Crippen LogP contribution is -2.34. The van der Waals surface area contributed by atoms with E-state index in [1.54, 1.807) is 12.1 Å². The lowest BCUT2D eigenvalue weighted by atomic mass is 10.2. The van der Waals surface area contributed by atoms with Crippen LogP contribution in [0, 0.1) is 0 Å². The van der Waals surface area contributed by atoms with Gasteiger partial charge in [0.2, 0.25) is 5.56 Å². The van der Waals surface area contributed by atoms with Gasteiger partial charge >= 0.3 is 0 Å². The molecule has 1 heterocycles. The molecule has 5 heteroatoms. The molecule has 0 fully saturated rings. The zero-order valence-corrected chi connectivity index (χ0v) is 10.0. The van der Waals surface area contributed by atoms with Crippen molar-refractivity contribution in [2.75, 3.05) is 5.33 Å². The van der Waals surface area contributed by atoms with Crippen molar-refractivity contribution in [3.63, 3.8) is 0 Å². The molecule has 0 aliphatic heterocycles. The second-order valence-corrected chi connectivity index (χ2v) is 4.07. The number of aromatic amines is 1. The van der Waals surface area contributed by atoms with E-state index in [0.29, 0.717) is 5.69 Å². The van der Waals surface area contributed by atoms with E-state index in [-0.39, 0.29) is 17.5 Å². The van der Waals surface area contributed by atoms with Crippen molar-refractivity contribution >= 4 is 21.8 Å².